The van der Waals surface area contributed by atoms with Crippen molar-refractivity contribution in [1.82, 2.24) is 0 Å². The molecule has 1 amide bonds. The van der Waals surface area contributed by atoms with Gasteiger partial charge in [0.15, 0.2) is 0 Å². The van der Waals surface area contributed by atoms with Crippen LogP contribution in [-0.2, 0) is 10.0 Å². The van der Waals surface area contributed by atoms with Crippen molar-refractivity contribution in [3.8, 4) is 5.75 Å². The van der Waals surface area contributed by atoms with Gasteiger partial charge in [-0.3, -0.25) is 9.52 Å². The number of benzene rings is 2. The summed E-state index contributed by atoms with van der Waals surface area (Å²) in [6.45, 7) is 3.45. The Balaban J connectivity index is 1.79. The topological polar surface area (TPSA) is 97.6 Å². The number of ether oxygens (including phenoxy) is 1. The number of carbonyl (C=O) groups is 1. The molecule has 7 nitrogen and oxygen atoms in total. The quantitative estimate of drug-likeness (QED) is 0.653. The lowest BCUT2D eigenvalue weighted by atomic mass is 10.2. The molecular formula is C20H20N2O5S. The molecule has 0 aliphatic rings. The molecule has 0 aliphatic carbocycles. The van der Waals surface area contributed by atoms with Crippen LogP contribution >= 0.6 is 0 Å². The van der Waals surface area contributed by atoms with Crippen molar-refractivity contribution in [2.45, 2.75) is 18.7 Å². The SMILES string of the molecule is COc1ccc(NS(=O)(=O)c2cccc(NC(=O)c3cc(C)oc3C)c2)cc1. The first-order chi connectivity index (χ1) is 13.3. The van der Waals surface area contributed by atoms with Crippen molar-refractivity contribution in [2.75, 3.05) is 17.1 Å². The number of hydrogen-bond donors (Lipinski definition) is 2. The molecule has 0 spiro atoms. The minimum atomic E-state index is -3.82. The smallest absolute Gasteiger partial charge is 0.261 e. The molecule has 0 radical (unpaired) electrons. The summed E-state index contributed by atoms with van der Waals surface area (Å²) in [5, 5.41) is 2.70. The number of rotatable bonds is 6. The number of anilines is 2. The van der Waals surface area contributed by atoms with E-state index in [0.29, 0.717) is 34.2 Å². The number of nitrogens with one attached hydrogen (secondary N) is 2. The summed E-state index contributed by atoms with van der Waals surface area (Å²) < 4.78 is 38.2. The highest BCUT2D eigenvalue weighted by atomic mass is 32.2. The molecule has 28 heavy (non-hydrogen) atoms. The van der Waals surface area contributed by atoms with E-state index in [0.717, 1.165) is 0 Å². The van der Waals surface area contributed by atoms with E-state index in [1.165, 1.54) is 19.2 Å². The Morgan fingerprint density at radius 1 is 1.00 bits per heavy atom. The molecule has 1 aromatic heterocycles. The minimum Gasteiger partial charge on any atom is -0.497 e. The molecule has 146 valence electrons. The molecule has 0 bridgehead atoms. The molecule has 2 N–H and O–H groups in total. The van der Waals surface area contributed by atoms with Gasteiger partial charge in [0.1, 0.15) is 17.3 Å². The fourth-order valence-corrected chi connectivity index (χ4v) is 3.77. The molecule has 2 aromatic carbocycles. The van der Waals surface area contributed by atoms with E-state index in [1.54, 1.807) is 56.3 Å². The van der Waals surface area contributed by atoms with Crippen LogP contribution in [-0.4, -0.2) is 21.4 Å². The van der Waals surface area contributed by atoms with Crippen molar-refractivity contribution in [3.63, 3.8) is 0 Å². The Kier molecular flexibility index (Phi) is 5.41. The number of furan rings is 1. The average molecular weight is 400 g/mol. The van der Waals surface area contributed by atoms with E-state index in [1.807, 2.05) is 0 Å². The van der Waals surface area contributed by atoms with Gasteiger partial charge in [-0.1, -0.05) is 6.07 Å². The second kappa shape index (κ2) is 7.77. The maximum atomic E-state index is 12.7. The van der Waals surface area contributed by atoms with Gasteiger partial charge in [-0.15, -0.1) is 0 Å². The molecule has 0 saturated carbocycles. The van der Waals surface area contributed by atoms with Crippen LogP contribution in [0.15, 0.2) is 63.9 Å². The van der Waals surface area contributed by atoms with Gasteiger partial charge in [0.2, 0.25) is 0 Å². The van der Waals surface area contributed by atoms with Gasteiger partial charge in [-0.05, 0) is 62.4 Å². The summed E-state index contributed by atoms with van der Waals surface area (Å²) in [6.07, 6.45) is 0. The summed E-state index contributed by atoms with van der Waals surface area (Å²) in [5.74, 6) is 1.38. The number of carbonyl (C=O) groups excluding carboxylic acids is 1. The van der Waals surface area contributed by atoms with Gasteiger partial charge in [-0.25, -0.2) is 8.42 Å². The molecule has 3 rings (SSSR count). The molecule has 0 fully saturated rings. The fourth-order valence-electron chi connectivity index (χ4n) is 2.67. The molecule has 1 heterocycles. The first-order valence-electron chi connectivity index (χ1n) is 8.44. The van der Waals surface area contributed by atoms with Gasteiger partial charge in [0, 0.05) is 11.4 Å². The lowest BCUT2D eigenvalue weighted by molar-refractivity contribution is 0.102. The maximum Gasteiger partial charge on any atom is 0.261 e. The van der Waals surface area contributed by atoms with E-state index in [2.05, 4.69) is 10.0 Å². The highest BCUT2D eigenvalue weighted by molar-refractivity contribution is 7.92. The summed E-state index contributed by atoms with van der Waals surface area (Å²) in [7, 11) is -2.29. The summed E-state index contributed by atoms with van der Waals surface area (Å²) >= 11 is 0. The zero-order valence-electron chi connectivity index (χ0n) is 15.6. The molecule has 0 unspecified atom stereocenters. The van der Waals surface area contributed by atoms with Gasteiger partial charge in [-0.2, -0.15) is 0 Å². The van der Waals surface area contributed by atoms with Crippen LogP contribution < -0.4 is 14.8 Å². The third-order valence-electron chi connectivity index (χ3n) is 4.03. The predicted molar refractivity (Wildman–Crippen MR) is 106 cm³/mol. The Bertz CT molecular complexity index is 1100. The summed E-state index contributed by atoms with van der Waals surface area (Å²) in [6, 6.07) is 14.2. The number of methoxy groups -OCH3 is 1. The Labute approximate surface area is 163 Å². The molecule has 8 heteroatoms. The van der Waals surface area contributed by atoms with Crippen LogP contribution in [0.4, 0.5) is 11.4 Å². The van der Waals surface area contributed by atoms with Crippen LogP contribution in [0.5, 0.6) is 5.75 Å². The normalized spacial score (nSPS) is 11.1. The number of sulfonamides is 1. The van der Waals surface area contributed by atoms with Crippen molar-refractivity contribution < 1.29 is 22.4 Å². The Morgan fingerprint density at radius 2 is 1.71 bits per heavy atom. The van der Waals surface area contributed by atoms with Crippen molar-refractivity contribution in [3.05, 3.63) is 71.7 Å². The molecule has 3 aromatic rings. The highest BCUT2D eigenvalue weighted by Crippen LogP contribution is 2.22. The van der Waals surface area contributed by atoms with Crippen LogP contribution in [0.3, 0.4) is 0 Å². The number of hydrogen-bond acceptors (Lipinski definition) is 5. The van der Waals surface area contributed by atoms with Gasteiger partial charge < -0.3 is 14.5 Å². The Hall–Kier alpha value is -3.26. The fraction of sp³-hybridized carbons (Fsp3) is 0.150. The maximum absolute atomic E-state index is 12.7. The first kappa shape index (κ1) is 19.5. The molecule has 0 atom stereocenters. The lowest BCUT2D eigenvalue weighted by Crippen LogP contribution is -2.15. The van der Waals surface area contributed by atoms with Crippen molar-refractivity contribution >= 4 is 27.3 Å². The largest absolute Gasteiger partial charge is 0.497 e. The van der Waals surface area contributed by atoms with E-state index in [-0.39, 0.29) is 10.8 Å². The standard InChI is InChI=1S/C20H20N2O5S/c1-13-11-19(14(2)27-13)20(23)21-16-5-4-6-18(12-16)28(24,25)22-15-7-9-17(26-3)10-8-15/h4-12,22H,1-3H3,(H,21,23). The third-order valence-corrected chi connectivity index (χ3v) is 5.41. The van der Waals surface area contributed by atoms with Gasteiger partial charge in [0.05, 0.1) is 17.6 Å². The van der Waals surface area contributed by atoms with Crippen LogP contribution in [0.25, 0.3) is 0 Å². The van der Waals surface area contributed by atoms with E-state index >= 15 is 0 Å². The summed E-state index contributed by atoms with van der Waals surface area (Å²) in [5.41, 5.74) is 1.17. The van der Waals surface area contributed by atoms with Crippen molar-refractivity contribution in [2.24, 2.45) is 0 Å². The molecule has 0 aliphatic heterocycles. The number of amides is 1. The van der Waals surface area contributed by atoms with Crippen LogP contribution in [0, 0.1) is 13.8 Å². The van der Waals surface area contributed by atoms with Crippen LogP contribution in [0.2, 0.25) is 0 Å². The van der Waals surface area contributed by atoms with Crippen LogP contribution in [0.1, 0.15) is 21.9 Å². The predicted octanol–water partition coefficient (Wildman–Crippen LogP) is 3.96. The molecule has 0 saturated heterocycles. The van der Waals surface area contributed by atoms with Gasteiger partial charge in [0.25, 0.3) is 15.9 Å². The second-order valence-electron chi connectivity index (χ2n) is 6.14. The van der Waals surface area contributed by atoms with E-state index in [9.17, 15) is 13.2 Å². The number of aryl methyl sites for hydroxylation is 2. The zero-order valence-corrected chi connectivity index (χ0v) is 16.5. The monoisotopic (exact) mass is 400 g/mol. The minimum absolute atomic E-state index is 0.0289. The third kappa shape index (κ3) is 4.34. The van der Waals surface area contributed by atoms with Gasteiger partial charge >= 0.3 is 0 Å². The van der Waals surface area contributed by atoms with E-state index < -0.39 is 10.0 Å². The first-order valence-corrected chi connectivity index (χ1v) is 9.92. The van der Waals surface area contributed by atoms with Crippen molar-refractivity contribution in [1.29, 1.82) is 0 Å². The Morgan fingerprint density at radius 3 is 2.32 bits per heavy atom. The zero-order chi connectivity index (χ0) is 20.3. The molecular weight excluding hydrogens is 380 g/mol. The highest BCUT2D eigenvalue weighted by Gasteiger charge is 2.17. The second-order valence-corrected chi connectivity index (χ2v) is 7.83. The lowest BCUT2D eigenvalue weighted by Gasteiger charge is -2.10. The average Bonchev–Trinajstić information content (AvgIpc) is 3.00. The summed E-state index contributed by atoms with van der Waals surface area (Å²) in [4.78, 5) is 12.4. The van der Waals surface area contributed by atoms with E-state index in [4.69, 9.17) is 9.15 Å².